The molecule has 0 bridgehead atoms. The van der Waals surface area contributed by atoms with Crippen molar-refractivity contribution in [1.29, 1.82) is 0 Å². The molecule has 4 nitrogen and oxygen atoms in total. The average molecular weight is 261 g/mol. The van der Waals surface area contributed by atoms with Crippen molar-refractivity contribution in [2.24, 2.45) is 0 Å². The number of nitrogens with one attached hydrogen (secondary N) is 1. The molecule has 1 aromatic heterocycles. The topological polar surface area (TPSA) is 47.0 Å². The van der Waals surface area contributed by atoms with Gasteiger partial charge in [-0.15, -0.1) is 0 Å². The first-order valence-corrected chi connectivity index (χ1v) is 6.12. The summed E-state index contributed by atoms with van der Waals surface area (Å²) < 4.78 is 19.3. The van der Waals surface area contributed by atoms with E-state index in [-0.39, 0.29) is 11.6 Å². The number of benzene rings is 1. The first-order valence-electron chi connectivity index (χ1n) is 6.12. The van der Waals surface area contributed by atoms with Gasteiger partial charge in [-0.3, -0.25) is 0 Å². The van der Waals surface area contributed by atoms with Crippen molar-refractivity contribution in [1.82, 2.24) is 9.97 Å². The number of rotatable bonds is 4. The van der Waals surface area contributed by atoms with Crippen LogP contribution in [0.1, 0.15) is 18.3 Å². The predicted molar refractivity (Wildman–Crippen MR) is 72.1 cm³/mol. The van der Waals surface area contributed by atoms with E-state index in [0.29, 0.717) is 23.1 Å². The molecule has 0 aliphatic carbocycles. The largest absolute Gasteiger partial charge is 0.436 e. The fourth-order valence-electron chi connectivity index (χ4n) is 1.68. The maximum atomic E-state index is 13.9. The van der Waals surface area contributed by atoms with Gasteiger partial charge in [0.05, 0.1) is 0 Å². The maximum Gasteiger partial charge on any atom is 0.224 e. The molecule has 0 aliphatic heterocycles. The van der Waals surface area contributed by atoms with Gasteiger partial charge in [0.1, 0.15) is 11.6 Å². The van der Waals surface area contributed by atoms with Crippen molar-refractivity contribution in [2.75, 3.05) is 11.9 Å². The third-order valence-electron chi connectivity index (χ3n) is 2.54. The van der Waals surface area contributed by atoms with Gasteiger partial charge in [0.2, 0.25) is 5.88 Å². The second-order valence-electron chi connectivity index (χ2n) is 4.16. The summed E-state index contributed by atoms with van der Waals surface area (Å²) >= 11 is 0. The Balaban J connectivity index is 2.30. The standard InChI is InChI=1S/C14H16FN3O/c1-4-16-12-8-13(18-10(3)17-12)19-11-7-5-6-9(2)14(11)15/h5-8H,4H2,1-3H3,(H,16,17,18). The van der Waals surface area contributed by atoms with Crippen molar-refractivity contribution >= 4 is 5.82 Å². The van der Waals surface area contributed by atoms with E-state index in [0.717, 1.165) is 6.54 Å². The predicted octanol–water partition coefficient (Wildman–Crippen LogP) is 3.46. The zero-order valence-electron chi connectivity index (χ0n) is 11.2. The molecule has 2 rings (SSSR count). The van der Waals surface area contributed by atoms with Crippen LogP contribution < -0.4 is 10.1 Å². The van der Waals surface area contributed by atoms with E-state index in [2.05, 4.69) is 15.3 Å². The van der Waals surface area contributed by atoms with Crippen molar-refractivity contribution in [3.63, 3.8) is 0 Å². The Hall–Kier alpha value is -2.17. The zero-order valence-corrected chi connectivity index (χ0v) is 11.2. The first-order chi connectivity index (χ1) is 9.10. The van der Waals surface area contributed by atoms with Gasteiger partial charge < -0.3 is 10.1 Å². The molecule has 0 atom stereocenters. The van der Waals surface area contributed by atoms with Crippen LogP contribution in [-0.2, 0) is 0 Å². The van der Waals surface area contributed by atoms with Gasteiger partial charge in [0.15, 0.2) is 11.6 Å². The van der Waals surface area contributed by atoms with E-state index in [4.69, 9.17) is 4.74 Å². The highest BCUT2D eigenvalue weighted by atomic mass is 19.1. The Morgan fingerprint density at radius 2 is 2.05 bits per heavy atom. The van der Waals surface area contributed by atoms with E-state index in [1.165, 1.54) is 0 Å². The molecule has 0 amide bonds. The van der Waals surface area contributed by atoms with Crippen LogP contribution in [0.2, 0.25) is 0 Å². The summed E-state index contributed by atoms with van der Waals surface area (Å²) in [4.78, 5) is 8.35. The summed E-state index contributed by atoms with van der Waals surface area (Å²) in [5.41, 5.74) is 0.537. The monoisotopic (exact) mass is 261 g/mol. The lowest BCUT2D eigenvalue weighted by molar-refractivity contribution is 0.423. The lowest BCUT2D eigenvalue weighted by Gasteiger charge is -2.09. The summed E-state index contributed by atoms with van der Waals surface area (Å²) in [5.74, 6) is 1.36. The summed E-state index contributed by atoms with van der Waals surface area (Å²) in [7, 11) is 0. The highest BCUT2D eigenvalue weighted by Gasteiger charge is 2.09. The molecule has 5 heteroatoms. The fraction of sp³-hybridized carbons (Fsp3) is 0.286. The Kier molecular flexibility index (Phi) is 3.94. The van der Waals surface area contributed by atoms with Crippen LogP contribution in [0.25, 0.3) is 0 Å². The van der Waals surface area contributed by atoms with Gasteiger partial charge in [-0.1, -0.05) is 12.1 Å². The van der Waals surface area contributed by atoms with Gasteiger partial charge in [-0.25, -0.2) is 9.37 Å². The maximum absolute atomic E-state index is 13.9. The molecular formula is C14H16FN3O. The number of nitrogens with zero attached hydrogens (tertiary/aromatic N) is 2. The molecule has 0 saturated heterocycles. The van der Waals surface area contributed by atoms with E-state index in [1.54, 1.807) is 38.1 Å². The van der Waals surface area contributed by atoms with Crippen molar-refractivity contribution in [2.45, 2.75) is 20.8 Å². The Labute approximate surface area is 111 Å². The number of hydrogen-bond acceptors (Lipinski definition) is 4. The lowest BCUT2D eigenvalue weighted by Crippen LogP contribution is -2.03. The second kappa shape index (κ2) is 5.65. The summed E-state index contributed by atoms with van der Waals surface area (Å²) in [6, 6.07) is 6.66. The minimum atomic E-state index is -0.372. The lowest BCUT2D eigenvalue weighted by atomic mass is 10.2. The quantitative estimate of drug-likeness (QED) is 0.915. The van der Waals surface area contributed by atoms with Crippen LogP contribution in [0, 0.1) is 19.7 Å². The first kappa shape index (κ1) is 13.3. The molecule has 1 heterocycles. The molecule has 0 radical (unpaired) electrons. The molecule has 0 unspecified atom stereocenters. The van der Waals surface area contributed by atoms with Crippen molar-refractivity contribution in [3.8, 4) is 11.6 Å². The molecule has 2 aromatic rings. The van der Waals surface area contributed by atoms with Gasteiger partial charge in [-0.2, -0.15) is 4.98 Å². The SMILES string of the molecule is CCNc1cc(Oc2cccc(C)c2F)nc(C)n1. The van der Waals surface area contributed by atoms with Crippen LogP contribution in [0.4, 0.5) is 10.2 Å². The normalized spacial score (nSPS) is 10.3. The molecule has 100 valence electrons. The number of aryl methyl sites for hydroxylation is 2. The molecular weight excluding hydrogens is 245 g/mol. The van der Waals surface area contributed by atoms with Gasteiger partial charge in [0, 0.05) is 12.6 Å². The van der Waals surface area contributed by atoms with Crippen LogP contribution in [0.5, 0.6) is 11.6 Å². The van der Waals surface area contributed by atoms with E-state index < -0.39 is 0 Å². The second-order valence-corrected chi connectivity index (χ2v) is 4.16. The molecule has 0 fully saturated rings. The molecule has 0 saturated carbocycles. The van der Waals surface area contributed by atoms with Crippen LogP contribution >= 0.6 is 0 Å². The molecule has 0 aliphatic rings. The van der Waals surface area contributed by atoms with E-state index in [9.17, 15) is 4.39 Å². The minimum Gasteiger partial charge on any atom is -0.436 e. The summed E-state index contributed by atoms with van der Waals surface area (Å²) in [5, 5.41) is 3.08. The fourth-order valence-corrected chi connectivity index (χ4v) is 1.68. The Morgan fingerprint density at radius 3 is 2.79 bits per heavy atom. The minimum absolute atomic E-state index is 0.167. The Morgan fingerprint density at radius 1 is 1.26 bits per heavy atom. The number of anilines is 1. The van der Waals surface area contributed by atoms with Gasteiger partial charge in [0.25, 0.3) is 0 Å². The summed E-state index contributed by atoms with van der Waals surface area (Å²) in [6.45, 7) is 6.17. The Bertz CT molecular complexity index is 587. The van der Waals surface area contributed by atoms with E-state index in [1.807, 2.05) is 6.92 Å². The molecule has 19 heavy (non-hydrogen) atoms. The smallest absolute Gasteiger partial charge is 0.224 e. The molecule has 1 aromatic carbocycles. The third kappa shape index (κ3) is 3.19. The van der Waals surface area contributed by atoms with Crippen LogP contribution in [0.3, 0.4) is 0 Å². The average Bonchev–Trinajstić information content (AvgIpc) is 2.35. The van der Waals surface area contributed by atoms with Crippen molar-refractivity contribution < 1.29 is 9.13 Å². The van der Waals surface area contributed by atoms with E-state index >= 15 is 0 Å². The number of ether oxygens (including phenoxy) is 1. The highest BCUT2D eigenvalue weighted by Crippen LogP contribution is 2.26. The number of aromatic nitrogens is 2. The summed E-state index contributed by atoms with van der Waals surface area (Å²) in [6.07, 6.45) is 0. The van der Waals surface area contributed by atoms with Gasteiger partial charge >= 0.3 is 0 Å². The highest BCUT2D eigenvalue weighted by molar-refractivity contribution is 5.40. The zero-order chi connectivity index (χ0) is 13.8. The van der Waals surface area contributed by atoms with Crippen molar-refractivity contribution in [3.05, 3.63) is 41.5 Å². The van der Waals surface area contributed by atoms with Crippen LogP contribution in [0.15, 0.2) is 24.3 Å². The number of hydrogen-bond donors (Lipinski definition) is 1. The van der Waals surface area contributed by atoms with Crippen LogP contribution in [-0.4, -0.2) is 16.5 Å². The van der Waals surface area contributed by atoms with Gasteiger partial charge in [-0.05, 0) is 32.4 Å². The number of halogens is 1. The third-order valence-corrected chi connectivity index (χ3v) is 2.54. The molecule has 0 spiro atoms. The molecule has 1 N–H and O–H groups in total.